The highest BCUT2D eigenvalue weighted by molar-refractivity contribution is 9.10. The van der Waals surface area contributed by atoms with Crippen LogP contribution in [-0.2, 0) is 11.4 Å². The fraction of sp³-hybridized carbons (Fsp3) is 0.423. The van der Waals surface area contributed by atoms with Crippen molar-refractivity contribution in [2.75, 3.05) is 11.1 Å². The van der Waals surface area contributed by atoms with Crippen molar-refractivity contribution in [2.45, 2.75) is 50.4 Å². The highest BCUT2D eigenvalue weighted by Crippen LogP contribution is 2.52. The van der Waals surface area contributed by atoms with E-state index in [4.69, 9.17) is 4.74 Å². The molecule has 2 saturated carbocycles. The van der Waals surface area contributed by atoms with Crippen molar-refractivity contribution in [3.63, 3.8) is 0 Å². The molecule has 0 radical (unpaired) electrons. The maximum Gasteiger partial charge on any atom is 0.234 e. The summed E-state index contributed by atoms with van der Waals surface area (Å²) in [6.45, 7) is 2.33. The lowest BCUT2D eigenvalue weighted by molar-refractivity contribution is -0.113. The zero-order valence-corrected chi connectivity index (χ0v) is 21.9. The standard InChI is InChI=1S/C26H28BrFN4O2S/c1-16(21-13-17-6-7-18(21)12-17)32-24(14-34-23-5-3-2-4-22(23)28)30-31-26(32)35-15-25(33)29-20-10-8-19(27)9-11-20/h2-5,8-11,16-18,21H,6-7,12-15H2,1H3,(H,29,33)/t16-,17+,18+,21-/m0/s1. The van der Waals surface area contributed by atoms with Crippen LogP contribution >= 0.6 is 27.7 Å². The van der Waals surface area contributed by atoms with E-state index in [1.165, 1.54) is 43.5 Å². The lowest BCUT2D eigenvalue weighted by atomic mass is 9.84. The van der Waals surface area contributed by atoms with Gasteiger partial charge in [-0.05, 0) is 80.3 Å². The van der Waals surface area contributed by atoms with Gasteiger partial charge < -0.3 is 10.1 Å². The molecule has 1 aromatic heterocycles. The van der Waals surface area contributed by atoms with E-state index in [1.54, 1.807) is 18.2 Å². The number of thioether (sulfide) groups is 1. The number of nitrogens with zero attached hydrogens (tertiary/aromatic N) is 3. The molecule has 3 aromatic rings. The molecule has 184 valence electrons. The first-order valence-corrected chi connectivity index (χ1v) is 13.7. The molecule has 2 bridgehead atoms. The van der Waals surface area contributed by atoms with Gasteiger partial charge in [0, 0.05) is 16.2 Å². The van der Waals surface area contributed by atoms with Crippen LogP contribution < -0.4 is 10.1 Å². The molecule has 0 saturated heterocycles. The quantitative estimate of drug-likeness (QED) is 0.304. The number of rotatable bonds is 9. The monoisotopic (exact) mass is 558 g/mol. The van der Waals surface area contributed by atoms with Crippen LogP contribution in [0.15, 0.2) is 58.2 Å². The van der Waals surface area contributed by atoms with Crippen molar-refractivity contribution in [3.05, 3.63) is 64.6 Å². The van der Waals surface area contributed by atoms with Gasteiger partial charge in [-0.25, -0.2) is 4.39 Å². The summed E-state index contributed by atoms with van der Waals surface area (Å²) in [5.41, 5.74) is 0.745. The molecule has 6 nitrogen and oxygen atoms in total. The number of carbonyl (C=O) groups is 1. The number of anilines is 1. The second-order valence-corrected chi connectivity index (χ2v) is 11.3. The Balaban J connectivity index is 1.31. The van der Waals surface area contributed by atoms with Crippen molar-refractivity contribution in [1.29, 1.82) is 0 Å². The highest BCUT2D eigenvalue weighted by atomic mass is 79.9. The van der Waals surface area contributed by atoms with Crippen molar-refractivity contribution >= 4 is 39.3 Å². The third kappa shape index (κ3) is 5.56. The van der Waals surface area contributed by atoms with Crippen molar-refractivity contribution in [1.82, 2.24) is 14.8 Å². The van der Waals surface area contributed by atoms with Gasteiger partial charge in [-0.15, -0.1) is 10.2 Å². The molecular weight excluding hydrogens is 531 g/mol. The minimum Gasteiger partial charge on any atom is -0.483 e. The Labute approximate surface area is 217 Å². The average molecular weight is 560 g/mol. The second-order valence-electron chi connectivity index (χ2n) is 9.41. The number of halogens is 2. The molecule has 0 spiro atoms. The number of amides is 1. The molecule has 9 heteroatoms. The smallest absolute Gasteiger partial charge is 0.234 e. The lowest BCUT2D eigenvalue weighted by Gasteiger charge is -2.30. The van der Waals surface area contributed by atoms with Gasteiger partial charge in [0.15, 0.2) is 22.5 Å². The van der Waals surface area contributed by atoms with E-state index in [0.717, 1.165) is 22.0 Å². The number of carbonyl (C=O) groups excluding carboxylic acids is 1. The number of ether oxygens (including phenoxy) is 1. The summed E-state index contributed by atoms with van der Waals surface area (Å²) in [6, 6.07) is 14.0. The van der Waals surface area contributed by atoms with Crippen LogP contribution in [0.2, 0.25) is 0 Å². The van der Waals surface area contributed by atoms with E-state index >= 15 is 0 Å². The van der Waals surface area contributed by atoms with E-state index in [0.29, 0.717) is 16.9 Å². The van der Waals surface area contributed by atoms with Crippen LogP contribution in [0, 0.1) is 23.6 Å². The Hall–Kier alpha value is -2.39. The first kappa shape index (κ1) is 24.3. The maximum absolute atomic E-state index is 14.1. The van der Waals surface area contributed by atoms with Gasteiger partial charge in [0.1, 0.15) is 6.61 Å². The molecule has 2 aromatic carbocycles. The van der Waals surface area contributed by atoms with Crippen LogP contribution in [0.25, 0.3) is 0 Å². The molecule has 0 aliphatic heterocycles. The Bertz CT molecular complexity index is 1190. The summed E-state index contributed by atoms with van der Waals surface area (Å²) < 4.78 is 22.9. The van der Waals surface area contributed by atoms with Gasteiger partial charge in [0.05, 0.1) is 5.75 Å². The lowest BCUT2D eigenvalue weighted by Crippen LogP contribution is -2.25. The van der Waals surface area contributed by atoms with E-state index in [-0.39, 0.29) is 30.1 Å². The zero-order valence-electron chi connectivity index (χ0n) is 19.5. The minimum atomic E-state index is -0.404. The Morgan fingerprint density at radius 2 is 2.00 bits per heavy atom. The second kappa shape index (κ2) is 10.7. The van der Waals surface area contributed by atoms with Crippen LogP contribution in [-0.4, -0.2) is 26.4 Å². The molecule has 0 unspecified atom stereocenters. The normalized spacial score (nSPS) is 21.7. The third-order valence-corrected chi connectivity index (χ3v) is 8.68. The Morgan fingerprint density at radius 3 is 2.71 bits per heavy atom. The van der Waals surface area contributed by atoms with Crippen LogP contribution in [0.5, 0.6) is 5.75 Å². The van der Waals surface area contributed by atoms with E-state index in [1.807, 2.05) is 24.3 Å². The summed E-state index contributed by atoms with van der Waals surface area (Å²) in [5, 5.41) is 12.4. The molecule has 2 aliphatic carbocycles. The first-order valence-electron chi connectivity index (χ1n) is 12.0. The topological polar surface area (TPSA) is 69.0 Å². The molecule has 1 heterocycles. The van der Waals surface area contributed by atoms with Gasteiger partial charge in [0.25, 0.3) is 0 Å². The predicted molar refractivity (Wildman–Crippen MR) is 138 cm³/mol. The van der Waals surface area contributed by atoms with Gasteiger partial charge in [-0.3, -0.25) is 9.36 Å². The highest BCUT2D eigenvalue weighted by Gasteiger charge is 2.43. The number of aromatic nitrogens is 3. The average Bonchev–Trinajstić information content (AvgIpc) is 3.59. The minimum absolute atomic E-state index is 0.108. The zero-order chi connectivity index (χ0) is 24.4. The molecule has 1 N–H and O–H groups in total. The number of nitrogens with one attached hydrogen (secondary N) is 1. The summed E-state index contributed by atoms with van der Waals surface area (Å²) in [4.78, 5) is 12.6. The number of benzene rings is 2. The number of hydrogen-bond donors (Lipinski definition) is 1. The Morgan fingerprint density at radius 1 is 1.20 bits per heavy atom. The maximum atomic E-state index is 14.1. The van der Waals surface area contributed by atoms with Crippen LogP contribution in [0.4, 0.5) is 10.1 Å². The van der Waals surface area contributed by atoms with Crippen LogP contribution in [0.1, 0.15) is 44.5 Å². The van der Waals surface area contributed by atoms with Crippen molar-refractivity contribution < 1.29 is 13.9 Å². The number of hydrogen-bond acceptors (Lipinski definition) is 5. The number of fused-ring (bicyclic) bond motifs is 2. The summed E-state index contributed by atoms with van der Waals surface area (Å²) >= 11 is 4.77. The Kier molecular flexibility index (Phi) is 7.43. The summed E-state index contributed by atoms with van der Waals surface area (Å²) in [6.07, 6.45) is 5.13. The van der Waals surface area contributed by atoms with E-state index < -0.39 is 5.82 Å². The van der Waals surface area contributed by atoms with E-state index in [2.05, 4.69) is 42.9 Å². The summed E-state index contributed by atoms with van der Waals surface area (Å²) in [5.74, 6) is 2.63. The van der Waals surface area contributed by atoms with E-state index in [9.17, 15) is 9.18 Å². The fourth-order valence-corrected chi connectivity index (χ4v) is 6.66. The van der Waals surface area contributed by atoms with Gasteiger partial charge in [0.2, 0.25) is 5.91 Å². The molecule has 4 atom stereocenters. The molecule has 5 rings (SSSR count). The van der Waals surface area contributed by atoms with Crippen molar-refractivity contribution in [2.24, 2.45) is 17.8 Å². The molecule has 2 fully saturated rings. The van der Waals surface area contributed by atoms with Crippen molar-refractivity contribution in [3.8, 4) is 5.75 Å². The fourth-order valence-electron chi connectivity index (χ4n) is 5.55. The van der Waals surface area contributed by atoms with Gasteiger partial charge in [-0.1, -0.05) is 46.2 Å². The SMILES string of the molecule is C[C@@H]([C@@H]1C[C@@H]2CC[C@@H]1C2)n1c(COc2ccccc2F)nnc1SCC(=O)Nc1ccc(Br)cc1. The first-order chi connectivity index (χ1) is 17.0. The van der Waals surface area contributed by atoms with Crippen LogP contribution in [0.3, 0.4) is 0 Å². The van der Waals surface area contributed by atoms with Gasteiger partial charge >= 0.3 is 0 Å². The predicted octanol–water partition coefficient (Wildman–Crippen LogP) is 6.49. The summed E-state index contributed by atoms with van der Waals surface area (Å²) in [7, 11) is 0. The third-order valence-electron chi connectivity index (χ3n) is 7.21. The number of para-hydroxylation sites is 1. The molecular formula is C26H28BrFN4O2S. The molecule has 2 aliphatic rings. The van der Waals surface area contributed by atoms with Gasteiger partial charge in [-0.2, -0.15) is 0 Å². The molecule has 1 amide bonds. The molecule has 35 heavy (non-hydrogen) atoms. The largest absolute Gasteiger partial charge is 0.483 e.